The molecule has 2 aromatic rings. The standard InChI is InChI=1S/C12H13ClN4O2/c1-2-10(7-11(18)19)17-12(14-15-16-17)8-4-3-5-9(13)6-8/h3-6,10H,2,7H2,1H3,(H,18,19). The van der Waals surface area contributed by atoms with E-state index in [0.717, 1.165) is 5.56 Å². The zero-order valence-electron chi connectivity index (χ0n) is 10.3. The van der Waals surface area contributed by atoms with Crippen molar-refractivity contribution in [2.45, 2.75) is 25.8 Å². The molecular weight excluding hydrogens is 268 g/mol. The lowest BCUT2D eigenvalue weighted by Crippen LogP contribution is -2.15. The first-order valence-corrected chi connectivity index (χ1v) is 6.25. The lowest BCUT2D eigenvalue weighted by molar-refractivity contribution is -0.138. The van der Waals surface area contributed by atoms with Crippen LogP contribution in [0.3, 0.4) is 0 Å². The highest BCUT2D eigenvalue weighted by atomic mass is 35.5. The number of aliphatic carboxylic acids is 1. The lowest BCUT2D eigenvalue weighted by atomic mass is 10.1. The fourth-order valence-electron chi connectivity index (χ4n) is 1.86. The molecule has 0 radical (unpaired) electrons. The number of carboxylic acids is 1. The second-order valence-corrected chi connectivity index (χ2v) is 4.55. The van der Waals surface area contributed by atoms with Gasteiger partial charge >= 0.3 is 5.97 Å². The molecule has 0 bridgehead atoms. The van der Waals surface area contributed by atoms with E-state index >= 15 is 0 Å². The van der Waals surface area contributed by atoms with Crippen molar-refractivity contribution in [3.05, 3.63) is 29.3 Å². The van der Waals surface area contributed by atoms with E-state index in [2.05, 4.69) is 15.5 Å². The second-order valence-electron chi connectivity index (χ2n) is 4.12. The van der Waals surface area contributed by atoms with Crippen LogP contribution < -0.4 is 0 Å². The molecule has 100 valence electrons. The number of hydrogen-bond acceptors (Lipinski definition) is 4. The largest absolute Gasteiger partial charge is 0.481 e. The third-order valence-electron chi connectivity index (χ3n) is 2.80. The van der Waals surface area contributed by atoms with E-state index in [0.29, 0.717) is 17.3 Å². The number of aromatic nitrogens is 4. The van der Waals surface area contributed by atoms with Crippen LogP contribution in [0, 0.1) is 0 Å². The van der Waals surface area contributed by atoms with Crippen LogP contribution in [-0.4, -0.2) is 31.3 Å². The molecule has 1 atom stereocenters. The van der Waals surface area contributed by atoms with Crippen LogP contribution >= 0.6 is 11.6 Å². The molecule has 1 unspecified atom stereocenters. The number of rotatable bonds is 5. The molecule has 1 aromatic carbocycles. The van der Waals surface area contributed by atoms with Gasteiger partial charge in [0.2, 0.25) is 0 Å². The first kappa shape index (κ1) is 13.5. The van der Waals surface area contributed by atoms with Gasteiger partial charge in [-0.1, -0.05) is 30.7 Å². The molecule has 1 N–H and O–H groups in total. The van der Waals surface area contributed by atoms with Gasteiger partial charge in [0.25, 0.3) is 0 Å². The molecule has 0 aliphatic carbocycles. The number of tetrazole rings is 1. The second kappa shape index (κ2) is 5.79. The Bertz CT molecular complexity index is 585. The van der Waals surface area contributed by atoms with Gasteiger partial charge in [0, 0.05) is 10.6 Å². The van der Waals surface area contributed by atoms with Crippen molar-refractivity contribution in [1.82, 2.24) is 20.2 Å². The number of hydrogen-bond donors (Lipinski definition) is 1. The molecule has 0 aliphatic rings. The fraction of sp³-hybridized carbons (Fsp3) is 0.333. The maximum atomic E-state index is 10.9. The van der Waals surface area contributed by atoms with Crippen LogP contribution in [0.4, 0.5) is 0 Å². The average Bonchev–Trinajstić information content (AvgIpc) is 2.84. The molecule has 0 amide bonds. The molecule has 2 rings (SSSR count). The summed E-state index contributed by atoms with van der Waals surface area (Å²) in [6.07, 6.45) is 0.611. The van der Waals surface area contributed by atoms with Crippen molar-refractivity contribution in [1.29, 1.82) is 0 Å². The summed E-state index contributed by atoms with van der Waals surface area (Å²) in [5.41, 5.74) is 0.765. The van der Waals surface area contributed by atoms with Crippen molar-refractivity contribution in [3.63, 3.8) is 0 Å². The van der Waals surface area contributed by atoms with Crippen LogP contribution in [0.1, 0.15) is 25.8 Å². The van der Waals surface area contributed by atoms with Gasteiger partial charge in [-0.3, -0.25) is 4.79 Å². The summed E-state index contributed by atoms with van der Waals surface area (Å²) < 4.78 is 1.54. The predicted molar refractivity (Wildman–Crippen MR) is 69.8 cm³/mol. The van der Waals surface area contributed by atoms with Gasteiger partial charge in [-0.05, 0) is 29.0 Å². The van der Waals surface area contributed by atoms with E-state index in [9.17, 15) is 4.79 Å². The van der Waals surface area contributed by atoms with Gasteiger partial charge in [-0.2, -0.15) is 0 Å². The molecule has 0 spiro atoms. The summed E-state index contributed by atoms with van der Waals surface area (Å²) in [4.78, 5) is 10.9. The van der Waals surface area contributed by atoms with Gasteiger partial charge < -0.3 is 5.11 Å². The maximum Gasteiger partial charge on any atom is 0.305 e. The third kappa shape index (κ3) is 3.08. The lowest BCUT2D eigenvalue weighted by Gasteiger charge is -2.14. The highest BCUT2D eigenvalue weighted by Gasteiger charge is 2.19. The van der Waals surface area contributed by atoms with Crippen LogP contribution in [0.2, 0.25) is 5.02 Å². The van der Waals surface area contributed by atoms with Gasteiger partial charge in [-0.15, -0.1) is 5.10 Å². The quantitative estimate of drug-likeness (QED) is 0.909. The Morgan fingerprint density at radius 3 is 2.95 bits per heavy atom. The average molecular weight is 281 g/mol. The van der Waals surface area contributed by atoms with E-state index in [-0.39, 0.29) is 12.5 Å². The Balaban J connectivity index is 2.38. The molecule has 19 heavy (non-hydrogen) atoms. The molecule has 0 fully saturated rings. The zero-order valence-corrected chi connectivity index (χ0v) is 11.1. The van der Waals surface area contributed by atoms with Gasteiger partial charge in [-0.25, -0.2) is 4.68 Å². The van der Waals surface area contributed by atoms with E-state index < -0.39 is 5.97 Å². The van der Waals surface area contributed by atoms with Gasteiger partial charge in [0.15, 0.2) is 5.82 Å². The van der Waals surface area contributed by atoms with Crippen molar-refractivity contribution in [3.8, 4) is 11.4 Å². The monoisotopic (exact) mass is 280 g/mol. The highest BCUT2D eigenvalue weighted by molar-refractivity contribution is 6.30. The number of halogens is 1. The van der Waals surface area contributed by atoms with Gasteiger partial charge in [0.1, 0.15) is 0 Å². The number of benzene rings is 1. The Kier molecular flexibility index (Phi) is 4.11. The molecule has 0 saturated carbocycles. The summed E-state index contributed by atoms with van der Waals surface area (Å²) in [5, 5.41) is 21.0. The minimum absolute atomic E-state index is 0.0187. The maximum absolute atomic E-state index is 10.9. The minimum atomic E-state index is -0.876. The van der Waals surface area contributed by atoms with Crippen molar-refractivity contribution in [2.24, 2.45) is 0 Å². The molecular formula is C12H13ClN4O2. The molecule has 6 nitrogen and oxygen atoms in total. The Hall–Kier alpha value is -1.95. The molecule has 1 aromatic heterocycles. The van der Waals surface area contributed by atoms with E-state index in [1.165, 1.54) is 0 Å². The first-order valence-electron chi connectivity index (χ1n) is 5.87. The molecule has 0 aliphatic heterocycles. The smallest absolute Gasteiger partial charge is 0.305 e. The Morgan fingerprint density at radius 2 is 2.32 bits per heavy atom. The molecule has 1 heterocycles. The number of carboxylic acid groups (broad SMARTS) is 1. The first-order chi connectivity index (χ1) is 9.11. The molecule has 7 heteroatoms. The Morgan fingerprint density at radius 1 is 1.53 bits per heavy atom. The zero-order chi connectivity index (χ0) is 13.8. The van der Waals surface area contributed by atoms with Crippen LogP contribution in [0.25, 0.3) is 11.4 Å². The van der Waals surface area contributed by atoms with Gasteiger partial charge in [0.05, 0.1) is 12.5 Å². The highest BCUT2D eigenvalue weighted by Crippen LogP contribution is 2.24. The minimum Gasteiger partial charge on any atom is -0.481 e. The summed E-state index contributed by atoms with van der Waals surface area (Å²) in [5.74, 6) is -0.352. The van der Waals surface area contributed by atoms with Crippen LogP contribution in [-0.2, 0) is 4.79 Å². The SMILES string of the molecule is CCC(CC(=O)O)n1nnnc1-c1cccc(Cl)c1. The fourth-order valence-corrected chi connectivity index (χ4v) is 2.05. The number of carbonyl (C=O) groups is 1. The molecule has 0 saturated heterocycles. The van der Waals surface area contributed by atoms with E-state index in [1.807, 2.05) is 13.0 Å². The Labute approximate surface area is 115 Å². The predicted octanol–water partition coefficient (Wildman–Crippen LogP) is 2.42. The summed E-state index contributed by atoms with van der Waals surface area (Å²) in [6, 6.07) is 6.86. The number of nitrogens with zero attached hydrogens (tertiary/aromatic N) is 4. The van der Waals surface area contributed by atoms with Crippen molar-refractivity contribution < 1.29 is 9.90 Å². The topological polar surface area (TPSA) is 80.9 Å². The summed E-state index contributed by atoms with van der Waals surface area (Å²) >= 11 is 5.94. The van der Waals surface area contributed by atoms with Crippen LogP contribution in [0.5, 0.6) is 0 Å². The van der Waals surface area contributed by atoms with E-state index in [1.54, 1.807) is 22.9 Å². The van der Waals surface area contributed by atoms with Crippen LogP contribution in [0.15, 0.2) is 24.3 Å². The normalized spacial score (nSPS) is 12.3. The van der Waals surface area contributed by atoms with Crippen molar-refractivity contribution in [2.75, 3.05) is 0 Å². The summed E-state index contributed by atoms with van der Waals surface area (Å²) in [6.45, 7) is 1.90. The summed E-state index contributed by atoms with van der Waals surface area (Å²) in [7, 11) is 0. The van der Waals surface area contributed by atoms with E-state index in [4.69, 9.17) is 16.7 Å². The van der Waals surface area contributed by atoms with Crippen molar-refractivity contribution >= 4 is 17.6 Å². The third-order valence-corrected chi connectivity index (χ3v) is 3.04.